The Morgan fingerprint density at radius 1 is 0.846 bits per heavy atom. The number of alkyl halides is 5. The van der Waals surface area contributed by atoms with Crippen molar-refractivity contribution in [3.8, 4) is 0 Å². The molecule has 0 unspecified atom stereocenters. The molecule has 0 fully saturated rings. The number of rotatable bonds is 11. The van der Waals surface area contributed by atoms with Gasteiger partial charge in [0.15, 0.2) is 0 Å². The van der Waals surface area contributed by atoms with Gasteiger partial charge in [-0.2, -0.15) is 30.4 Å². The second-order valence-electron chi connectivity index (χ2n) is 6.16. The Bertz CT molecular complexity index is 639. The average Bonchev–Trinajstić information content (AvgIpc) is 2.52. The smallest absolute Gasteiger partial charge is 0.266 e. The number of halogens is 5. The molecule has 9 heteroatoms. The molecule has 0 aromatic heterocycles. The maximum Gasteiger partial charge on any atom is 0.453 e. The number of hydrogen-bond acceptors (Lipinski definition) is 3. The third kappa shape index (κ3) is 7.57. The van der Waals surface area contributed by atoms with Crippen LogP contribution in [0.4, 0.5) is 22.0 Å². The predicted molar refractivity (Wildman–Crippen MR) is 87.6 cm³/mol. The normalized spacial score (nSPS) is 13.2. The lowest BCUT2D eigenvalue weighted by Gasteiger charge is -2.19. The maximum absolute atomic E-state index is 12.7. The van der Waals surface area contributed by atoms with E-state index in [2.05, 4.69) is 0 Å². The highest BCUT2D eigenvalue weighted by Gasteiger charge is 2.56. The minimum atomic E-state index is -5.49. The lowest BCUT2D eigenvalue weighted by atomic mass is 10.1. The van der Waals surface area contributed by atoms with Crippen molar-refractivity contribution in [2.75, 3.05) is 6.61 Å². The molecule has 3 nitrogen and oxygen atoms in total. The number of hydrogen-bond donors (Lipinski definition) is 0. The van der Waals surface area contributed by atoms with Crippen molar-refractivity contribution in [3.63, 3.8) is 0 Å². The summed E-state index contributed by atoms with van der Waals surface area (Å²) in [7, 11) is -3.80. The van der Waals surface area contributed by atoms with Crippen molar-refractivity contribution in [2.24, 2.45) is 0 Å². The SMILES string of the molecule is Cc1ccc(S(=O)(=O)OCCCCCCCCC(F)(F)C(F)(F)F)cc1. The molecule has 0 saturated carbocycles. The molecule has 0 aliphatic heterocycles. The zero-order valence-corrected chi connectivity index (χ0v) is 15.3. The van der Waals surface area contributed by atoms with Crippen molar-refractivity contribution in [1.82, 2.24) is 0 Å². The lowest BCUT2D eigenvalue weighted by molar-refractivity contribution is -0.284. The highest BCUT2D eigenvalue weighted by Crippen LogP contribution is 2.39. The van der Waals surface area contributed by atoms with Gasteiger partial charge in [-0.05, 0) is 31.9 Å². The summed E-state index contributed by atoms with van der Waals surface area (Å²) in [6.45, 7) is 1.84. The van der Waals surface area contributed by atoms with Gasteiger partial charge < -0.3 is 0 Å². The van der Waals surface area contributed by atoms with Crippen LogP contribution in [0.5, 0.6) is 0 Å². The van der Waals surface area contributed by atoms with E-state index in [0.717, 1.165) is 5.56 Å². The Balaban J connectivity index is 2.14. The molecule has 1 aromatic carbocycles. The predicted octanol–water partition coefficient (Wildman–Crippen LogP) is 5.63. The summed E-state index contributed by atoms with van der Waals surface area (Å²) in [5, 5.41) is 0. The largest absolute Gasteiger partial charge is 0.453 e. The van der Waals surface area contributed by atoms with Crippen LogP contribution < -0.4 is 0 Å². The first kappa shape index (κ1) is 22.8. The van der Waals surface area contributed by atoms with E-state index in [4.69, 9.17) is 4.18 Å². The van der Waals surface area contributed by atoms with Crippen LogP contribution in [0.2, 0.25) is 0 Å². The quantitative estimate of drug-likeness (QED) is 0.274. The first-order valence-corrected chi connectivity index (χ1v) is 9.77. The van der Waals surface area contributed by atoms with Crippen LogP contribution in [0.25, 0.3) is 0 Å². The molecule has 0 bridgehead atoms. The summed E-state index contributed by atoms with van der Waals surface area (Å²) in [4.78, 5) is 0.0775. The Morgan fingerprint density at radius 2 is 1.35 bits per heavy atom. The van der Waals surface area contributed by atoms with Crippen LogP contribution in [-0.2, 0) is 14.3 Å². The fraction of sp³-hybridized carbons (Fsp3) is 0.647. The van der Waals surface area contributed by atoms with Gasteiger partial charge in [-0.1, -0.05) is 43.4 Å². The monoisotopic (exact) mass is 402 g/mol. The Kier molecular flexibility index (Phi) is 8.46. The third-order valence-corrected chi connectivity index (χ3v) is 5.17. The van der Waals surface area contributed by atoms with E-state index >= 15 is 0 Å². The second kappa shape index (κ2) is 9.64. The van der Waals surface area contributed by atoms with Gasteiger partial charge in [-0.3, -0.25) is 4.18 Å². The maximum atomic E-state index is 12.7. The standard InChI is InChI=1S/C17H23F5O3S/c1-14-8-10-15(11-9-14)26(23,24)25-13-7-5-3-2-4-6-12-16(18,19)17(20,21)22/h8-11H,2-7,12-13H2,1H3. The van der Waals surface area contributed by atoms with Crippen molar-refractivity contribution < 1.29 is 34.6 Å². The van der Waals surface area contributed by atoms with Gasteiger partial charge in [0.05, 0.1) is 11.5 Å². The van der Waals surface area contributed by atoms with Gasteiger partial charge in [0, 0.05) is 6.42 Å². The molecular weight excluding hydrogens is 379 g/mol. The molecule has 0 atom stereocenters. The van der Waals surface area contributed by atoms with Gasteiger partial charge in [-0.25, -0.2) is 0 Å². The Labute approximate surface area is 150 Å². The molecular formula is C17H23F5O3S. The third-order valence-electron chi connectivity index (χ3n) is 3.85. The topological polar surface area (TPSA) is 43.4 Å². The van der Waals surface area contributed by atoms with E-state index in [1.807, 2.05) is 6.92 Å². The molecule has 0 aliphatic rings. The summed E-state index contributed by atoms with van der Waals surface area (Å²) in [5.74, 6) is -4.63. The highest BCUT2D eigenvalue weighted by molar-refractivity contribution is 7.86. The average molecular weight is 402 g/mol. The number of benzene rings is 1. The number of aryl methyl sites for hydroxylation is 1. The van der Waals surface area contributed by atoms with Gasteiger partial charge in [-0.15, -0.1) is 0 Å². The Morgan fingerprint density at radius 3 is 1.88 bits per heavy atom. The van der Waals surface area contributed by atoms with Crippen LogP contribution in [0.15, 0.2) is 29.2 Å². The van der Waals surface area contributed by atoms with Crippen LogP contribution in [0.3, 0.4) is 0 Å². The first-order valence-electron chi connectivity index (χ1n) is 8.36. The van der Waals surface area contributed by atoms with E-state index in [-0.39, 0.29) is 24.3 Å². The molecule has 1 aromatic rings. The lowest BCUT2D eigenvalue weighted by Crippen LogP contribution is -2.36. The van der Waals surface area contributed by atoms with Crippen molar-refractivity contribution >= 4 is 10.1 Å². The van der Waals surface area contributed by atoms with E-state index in [0.29, 0.717) is 25.7 Å². The van der Waals surface area contributed by atoms with Crippen molar-refractivity contribution in [2.45, 2.75) is 68.9 Å². The Hall–Kier alpha value is -1.22. The fourth-order valence-corrected chi connectivity index (χ4v) is 3.18. The van der Waals surface area contributed by atoms with E-state index in [1.165, 1.54) is 12.1 Å². The van der Waals surface area contributed by atoms with Crippen molar-refractivity contribution in [3.05, 3.63) is 29.8 Å². The molecule has 150 valence electrons. The second-order valence-corrected chi connectivity index (χ2v) is 7.78. The van der Waals surface area contributed by atoms with E-state index in [1.54, 1.807) is 12.1 Å². The zero-order chi connectivity index (χ0) is 19.8. The first-order chi connectivity index (χ1) is 12.0. The van der Waals surface area contributed by atoms with Crippen LogP contribution in [0, 0.1) is 6.92 Å². The molecule has 0 aliphatic carbocycles. The minimum Gasteiger partial charge on any atom is -0.266 e. The molecule has 0 spiro atoms. The van der Waals surface area contributed by atoms with Crippen molar-refractivity contribution in [1.29, 1.82) is 0 Å². The van der Waals surface area contributed by atoms with Crippen LogP contribution in [-0.4, -0.2) is 27.1 Å². The van der Waals surface area contributed by atoms with Gasteiger partial charge >= 0.3 is 12.1 Å². The molecule has 26 heavy (non-hydrogen) atoms. The summed E-state index contributed by atoms with van der Waals surface area (Å²) in [5.41, 5.74) is 0.928. The van der Waals surface area contributed by atoms with E-state index < -0.39 is 28.6 Å². The zero-order valence-electron chi connectivity index (χ0n) is 14.5. The summed E-state index contributed by atoms with van der Waals surface area (Å²) in [6, 6.07) is 6.25. The molecule has 0 radical (unpaired) electrons. The summed E-state index contributed by atoms with van der Waals surface area (Å²) >= 11 is 0. The van der Waals surface area contributed by atoms with Crippen LogP contribution >= 0.6 is 0 Å². The number of unbranched alkanes of at least 4 members (excludes halogenated alkanes) is 5. The van der Waals surface area contributed by atoms with Gasteiger partial charge in [0.1, 0.15) is 0 Å². The summed E-state index contributed by atoms with van der Waals surface area (Å²) < 4.78 is 90.0. The highest BCUT2D eigenvalue weighted by atomic mass is 32.2. The summed E-state index contributed by atoms with van der Waals surface area (Å²) in [6.07, 6.45) is -4.42. The van der Waals surface area contributed by atoms with Crippen LogP contribution in [0.1, 0.15) is 50.5 Å². The van der Waals surface area contributed by atoms with E-state index in [9.17, 15) is 30.4 Å². The molecule has 0 amide bonds. The molecule has 1 rings (SSSR count). The molecule has 0 heterocycles. The molecule has 0 saturated heterocycles. The minimum absolute atomic E-state index is 0.00234. The van der Waals surface area contributed by atoms with Gasteiger partial charge in [0.2, 0.25) is 0 Å². The van der Waals surface area contributed by atoms with Gasteiger partial charge in [0.25, 0.3) is 10.1 Å². The fourth-order valence-electron chi connectivity index (χ4n) is 2.24. The molecule has 0 N–H and O–H groups in total.